The molecule has 0 fully saturated rings. The van der Waals surface area contributed by atoms with E-state index in [1.807, 2.05) is 24.3 Å². The van der Waals surface area contributed by atoms with Crippen LogP contribution in [0.5, 0.6) is 11.5 Å². The predicted molar refractivity (Wildman–Crippen MR) is 62.6 cm³/mol. The molecule has 0 bridgehead atoms. The summed E-state index contributed by atoms with van der Waals surface area (Å²) in [6, 6.07) is 5.93. The van der Waals surface area contributed by atoms with E-state index in [1.54, 1.807) is 14.2 Å². The van der Waals surface area contributed by atoms with E-state index in [0.717, 1.165) is 23.9 Å². The first-order valence-electron chi connectivity index (χ1n) is 5.17. The fraction of sp³-hybridized carbons (Fsp3) is 0.333. The molecule has 1 aromatic rings. The van der Waals surface area contributed by atoms with Gasteiger partial charge in [-0.2, -0.15) is 0 Å². The summed E-state index contributed by atoms with van der Waals surface area (Å²) in [7, 11) is 3.27. The van der Waals surface area contributed by atoms with Gasteiger partial charge < -0.3 is 20.5 Å². The molecule has 0 aromatic heterocycles. The number of benzene rings is 1. The summed E-state index contributed by atoms with van der Waals surface area (Å²) in [6.07, 6.45) is 2.02. The van der Waals surface area contributed by atoms with Crippen LogP contribution in [0, 0.1) is 0 Å². The van der Waals surface area contributed by atoms with Crippen molar-refractivity contribution >= 4 is 0 Å². The molecule has 0 spiro atoms. The zero-order valence-corrected chi connectivity index (χ0v) is 9.49. The van der Waals surface area contributed by atoms with E-state index in [0.29, 0.717) is 5.92 Å². The average molecular weight is 220 g/mol. The van der Waals surface area contributed by atoms with E-state index in [9.17, 15) is 0 Å². The Labute approximate surface area is 95.0 Å². The van der Waals surface area contributed by atoms with Crippen molar-refractivity contribution in [3.05, 3.63) is 35.7 Å². The molecule has 1 aliphatic rings. The van der Waals surface area contributed by atoms with Crippen molar-refractivity contribution in [2.24, 2.45) is 5.73 Å². The fourth-order valence-corrected chi connectivity index (χ4v) is 1.86. The molecule has 3 N–H and O–H groups in total. The first-order valence-corrected chi connectivity index (χ1v) is 5.17. The minimum absolute atomic E-state index is 0.305. The normalized spacial score (nSPS) is 18.9. The second-order valence-corrected chi connectivity index (χ2v) is 3.72. The number of ether oxygens (including phenoxy) is 2. The number of hydrogen-bond acceptors (Lipinski definition) is 4. The summed E-state index contributed by atoms with van der Waals surface area (Å²) in [5.41, 5.74) is 6.86. The van der Waals surface area contributed by atoms with Crippen molar-refractivity contribution < 1.29 is 9.47 Å². The molecule has 4 heteroatoms. The number of nitrogens with one attached hydrogen (secondary N) is 1. The van der Waals surface area contributed by atoms with E-state index in [2.05, 4.69) is 5.32 Å². The van der Waals surface area contributed by atoms with Gasteiger partial charge in [-0.1, -0.05) is 6.07 Å². The minimum atomic E-state index is 0.305. The molecule has 2 rings (SSSR count). The Morgan fingerprint density at radius 1 is 1.25 bits per heavy atom. The number of methoxy groups -OCH3 is 2. The summed E-state index contributed by atoms with van der Waals surface area (Å²) in [6.45, 7) is 0.835. The van der Waals surface area contributed by atoms with Gasteiger partial charge >= 0.3 is 0 Å². The smallest absolute Gasteiger partial charge is 0.161 e. The van der Waals surface area contributed by atoms with Crippen LogP contribution in [0.1, 0.15) is 11.5 Å². The zero-order valence-electron chi connectivity index (χ0n) is 9.49. The summed E-state index contributed by atoms with van der Waals surface area (Å²) in [5, 5.41) is 3.10. The van der Waals surface area contributed by atoms with Crippen molar-refractivity contribution in [3.8, 4) is 11.5 Å². The largest absolute Gasteiger partial charge is 0.493 e. The maximum atomic E-state index is 5.68. The van der Waals surface area contributed by atoms with Gasteiger partial charge in [0.1, 0.15) is 0 Å². The highest BCUT2D eigenvalue weighted by atomic mass is 16.5. The maximum absolute atomic E-state index is 5.68. The Hall–Kier alpha value is -1.84. The van der Waals surface area contributed by atoms with Crippen molar-refractivity contribution in [3.63, 3.8) is 0 Å². The first kappa shape index (κ1) is 10.7. The van der Waals surface area contributed by atoms with E-state index >= 15 is 0 Å². The van der Waals surface area contributed by atoms with Gasteiger partial charge in [-0.25, -0.2) is 0 Å². The number of hydrogen-bond donors (Lipinski definition) is 2. The van der Waals surface area contributed by atoms with Gasteiger partial charge in [-0.3, -0.25) is 0 Å². The van der Waals surface area contributed by atoms with Crippen LogP contribution in [0.25, 0.3) is 0 Å². The topological polar surface area (TPSA) is 56.5 Å². The van der Waals surface area contributed by atoms with Crippen molar-refractivity contribution in [1.29, 1.82) is 0 Å². The molecular weight excluding hydrogens is 204 g/mol. The maximum Gasteiger partial charge on any atom is 0.161 e. The molecule has 1 atom stereocenters. The Balaban J connectivity index is 2.29. The molecular formula is C12H16N2O2. The average Bonchev–Trinajstić information content (AvgIpc) is 2.75. The standard InChI is InChI=1S/C12H16N2O2/c1-15-10-4-3-8(5-11(10)16-2)9-6-12(13)14-7-9/h3-6,9,14H,7,13H2,1-2H3. The SMILES string of the molecule is COc1ccc(C2C=C(N)NC2)cc1OC. The third-order valence-corrected chi connectivity index (χ3v) is 2.74. The van der Waals surface area contributed by atoms with E-state index in [-0.39, 0.29) is 0 Å². The summed E-state index contributed by atoms with van der Waals surface area (Å²) < 4.78 is 10.5. The fourth-order valence-electron chi connectivity index (χ4n) is 1.86. The van der Waals surface area contributed by atoms with Crippen molar-refractivity contribution in [2.45, 2.75) is 5.92 Å². The highest BCUT2D eigenvalue weighted by molar-refractivity contribution is 5.45. The Morgan fingerprint density at radius 3 is 2.56 bits per heavy atom. The molecule has 0 aliphatic carbocycles. The van der Waals surface area contributed by atoms with Gasteiger partial charge in [-0.05, 0) is 23.8 Å². The molecule has 16 heavy (non-hydrogen) atoms. The van der Waals surface area contributed by atoms with Gasteiger partial charge in [0.05, 0.1) is 20.0 Å². The number of rotatable bonds is 3. The summed E-state index contributed by atoms with van der Waals surface area (Å²) in [4.78, 5) is 0. The van der Waals surface area contributed by atoms with Crippen LogP contribution in [0.2, 0.25) is 0 Å². The molecule has 86 valence electrons. The Kier molecular flexibility index (Phi) is 2.90. The lowest BCUT2D eigenvalue weighted by molar-refractivity contribution is 0.354. The molecule has 0 saturated heterocycles. The van der Waals surface area contributed by atoms with Crippen molar-refractivity contribution in [1.82, 2.24) is 5.32 Å². The summed E-state index contributed by atoms with van der Waals surface area (Å²) in [5.74, 6) is 2.53. The molecule has 4 nitrogen and oxygen atoms in total. The van der Waals surface area contributed by atoms with Crippen LogP contribution >= 0.6 is 0 Å². The highest BCUT2D eigenvalue weighted by Gasteiger charge is 2.16. The zero-order chi connectivity index (χ0) is 11.5. The van der Waals surface area contributed by atoms with Gasteiger partial charge in [0.15, 0.2) is 11.5 Å². The third kappa shape index (κ3) is 1.91. The first-order chi connectivity index (χ1) is 7.74. The van der Waals surface area contributed by atoms with Gasteiger partial charge in [0, 0.05) is 12.5 Å². The summed E-state index contributed by atoms with van der Waals surface area (Å²) >= 11 is 0. The quantitative estimate of drug-likeness (QED) is 0.803. The molecule has 1 aromatic carbocycles. The highest BCUT2D eigenvalue weighted by Crippen LogP contribution is 2.31. The van der Waals surface area contributed by atoms with Crippen molar-refractivity contribution in [2.75, 3.05) is 20.8 Å². The molecule has 0 amide bonds. The molecule has 0 saturated carbocycles. The minimum Gasteiger partial charge on any atom is -0.493 e. The van der Waals surface area contributed by atoms with Crippen LogP contribution in [0.15, 0.2) is 30.1 Å². The predicted octanol–water partition coefficient (Wildman–Crippen LogP) is 1.19. The Morgan fingerprint density at radius 2 is 2.00 bits per heavy atom. The van der Waals surface area contributed by atoms with E-state index < -0.39 is 0 Å². The van der Waals surface area contributed by atoms with Gasteiger partial charge in [0.2, 0.25) is 0 Å². The molecule has 1 aliphatic heterocycles. The monoisotopic (exact) mass is 220 g/mol. The molecule has 0 radical (unpaired) electrons. The van der Waals surface area contributed by atoms with Crippen LogP contribution < -0.4 is 20.5 Å². The van der Waals surface area contributed by atoms with Crippen LogP contribution in [0.3, 0.4) is 0 Å². The lowest BCUT2D eigenvalue weighted by Gasteiger charge is -2.12. The van der Waals surface area contributed by atoms with Crippen LogP contribution in [0.4, 0.5) is 0 Å². The third-order valence-electron chi connectivity index (χ3n) is 2.74. The molecule has 1 unspecified atom stereocenters. The van der Waals surface area contributed by atoms with Crippen LogP contribution in [-0.2, 0) is 0 Å². The lowest BCUT2D eigenvalue weighted by atomic mass is 10.00. The van der Waals surface area contributed by atoms with Crippen LogP contribution in [-0.4, -0.2) is 20.8 Å². The van der Waals surface area contributed by atoms with Gasteiger partial charge in [-0.15, -0.1) is 0 Å². The number of nitrogens with two attached hydrogens (primary N) is 1. The van der Waals surface area contributed by atoms with E-state index in [4.69, 9.17) is 15.2 Å². The Bertz CT molecular complexity index is 415. The van der Waals surface area contributed by atoms with Gasteiger partial charge in [0.25, 0.3) is 0 Å². The second-order valence-electron chi connectivity index (χ2n) is 3.72. The second kappa shape index (κ2) is 4.35. The molecule has 1 heterocycles. The lowest BCUT2D eigenvalue weighted by Crippen LogP contribution is -2.15. The van der Waals surface area contributed by atoms with E-state index in [1.165, 1.54) is 5.56 Å².